The van der Waals surface area contributed by atoms with Gasteiger partial charge in [0.25, 0.3) is 0 Å². The Kier molecular flexibility index (Phi) is 3.43. The number of hydrogen-bond acceptors (Lipinski definition) is 2. The Bertz CT molecular complexity index is 468. The van der Waals surface area contributed by atoms with Crippen molar-refractivity contribution in [2.24, 2.45) is 0 Å². The number of aliphatic hydroxyl groups is 1. The molecule has 0 radical (unpaired) electrons. The zero-order valence-electron chi connectivity index (χ0n) is 8.11. The van der Waals surface area contributed by atoms with Gasteiger partial charge < -0.3 is 9.84 Å². The fourth-order valence-electron chi connectivity index (χ4n) is 1.45. The lowest BCUT2D eigenvalue weighted by atomic mass is 10.1. The minimum atomic E-state index is 0.0464. The van der Waals surface area contributed by atoms with E-state index >= 15 is 0 Å². The molecule has 2 nitrogen and oxygen atoms in total. The number of hydrogen-bond donors (Lipinski definition) is 1. The summed E-state index contributed by atoms with van der Waals surface area (Å²) in [4.78, 5) is 0. The van der Waals surface area contributed by atoms with E-state index < -0.39 is 0 Å². The first-order valence-corrected chi connectivity index (χ1v) is 5.80. The smallest absolute Gasteiger partial charge is 0.120 e. The summed E-state index contributed by atoms with van der Waals surface area (Å²) in [6.07, 6.45) is 0. The number of rotatable bonds is 3. The number of aliphatic hydroxyl groups excluding tert-OH is 1. The fraction of sp³-hybridized carbons (Fsp3) is 0.167. The summed E-state index contributed by atoms with van der Waals surface area (Å²) >= 11 is 2.29. The van der Waals surface area contributed by atoms with Gasteiger partial charge in [0.2, 0.25) is 0 Å². The first-order valence-electron chi connectivity index (χ1n) is 4.72. The van der Waals surface area contributed by atoms with E-state index in [1.807, 2.05) is 18.2 Å². The van der Waals surface area contributed by atoms with Gasteiger partial charge in [0.15, 0.2) is 0 Å². The second kappa shape index (κ2) is 4.81. The quantitative estimate of drug-likeness (QED) is 0.883. The lowest BCUT2D eigenvalue weighted by Gasteiger charge is -2.05. The molecule has 2 aromatic rings. The van der Waals surface area contributed by atoms with Crippen molar-refractivity contribution in [3.8, 4) is 5.75 Å². The maximum absolute atomic E-state index is 8.65. The number of ether oxygens (including phenoxy) is 1. The minimum absolute atomic E-state index is 0.0464. The van der Waals surface area contributed by atoms with E-state index in [0.717, 1.165) is 11.1 Å². The highest BCUT2D eigenvalue weighted by Gasteiger charge is 1.97. The van der Waals surface area contributed by atoms with E-state index in [1.54, 1.807) is 0 Å². The van der Waals surface area contributed by atoms with Crippen LogP contribution in [0.4, 0.5) is 0 Å². The summed E-state index contributed by atoms with van der Waals surface area (Å²) in [5.74, 6) is 0.803. The number of benzene rings is 2. The van der Waals surface area contributed by atoms with Gasteiger partial charge in [-0.15, -0.1) is 0 Å². The van der Waals surface area contributed by atoms with Crippen LogP contribution in [0, 0.1) is 3.57 Å². The molecule has 0 unspecified atom stereocenters. The third kappa shape index (κ3) is 2.60. The zero-order valence-corrected chi connectivity index (χ0v) is 10.3. The van der Waals surface area contributed by atoms with Crippen molar-refractivity contribution in [1.29, 1.82) is 0 Å². The highest BCUT2D eigenvalue weighted by molar-refractivity contribution is 14.1. The van der Waals surface area contributed by atoms with E-state index in [9.17, 15) is 0 Å². The first kappa shape index (κ1) is 10.7. The molecule has 2 rings (SSSR count). The first-order chi connectivity index (χ1) is 7.29. The van der Waals surface area contributed by atoms with Crippen LogP contribution in [0.5, 0.6) is 5.75 Å². The van der Waals surface area contributed by atoms with Crippen molar-refractivity contribution in [1.82, 2.24) is 0 Å². The van der Waals surface area contributed by atoms with Crippen LogP contribution in [0.1, 0.15) is 0 Å². The lowest BCUT2D eigenvalue weighted by Crippen LogP contribution is -2.01. The third-order valence-corrected chi connectivity index (χ3v) is 2.80. The van der Waals surface area contributed by atoms with Crippen molar-refractivity contribution in [2.45, 2.75) is 0 Å². The monoisotopic (exact) mass is 314 g/mol. The van der Waals surface area contributed by atoms with Crippen LogP contribution in [0.3, 0.4) is 0 Å². The van der Waals surface area contributed by atoms with Crippen molar-refractivity contribution < 1.29 is 9.84 Å². The van der Waals surface area contributed by atoms with Crippen molar-refractivity contribution in [3.05, 3.63) is 40.0 Å². The van der Waals surface area contributed by atoms with Gasteiger partial charge in [0.1, 0.15) is 12.4 Å². The molecule has 0 heterocycles. The predicted octanol–water partition coefficient (Wildman–Crippen LogP) is 2.82. The van der Waals surface area contributed by atoms with Crippen LogP contribution in [0.2, 0.25) is 0 Å². The molecule has 0 spiro atoms. The van der Waals surface area contributed by atoms with E-state index in [0.29, 0.717) is 6.61 Å². The summed E-state index contributed by atoms with van der Waals surface area (Å²) in [6, 6.07) is 12.2. The average molecular weight is 314 g/mol. The maximum atomic E-state index is 8.65. The van der Waals surface area contributed by atoms with Crippen molar-refractivity contribution in [3.63, 3.8) is 0 Å². The second-order valence-corrected chi connectivity index (χ2v) is 4.47. The Morgan fingerprint density at radius 2 is 1.80 bits per heavy atom. The van der Waals surface area contributed by atoms with E-state index in [-0.39, 0.29) is 6.61 Å². The lowest BCUT2D eigenvalue weighted by molar-refractivity contribution is 0.201. The Morgan fingerprint density at radius 3 is 2.60 bits per heavy atom. The fourth-order valence-corrected chi connectivity index (χ4v) is 1.96. The molecule has 0 bridgehead atoms. The van der Waals surface area contributed by atoms with Gasteiger partial charge in [-0.2, -0.15) is 0 Å². The van der Waals surface area contributed by atoms with Gasteiger partial charge in [-0.1, -0.05) is 12.1 Å². The topological polar surface area (TPSA) is 29.5 Å². The van der Waals surface area contributed by atoms with Crippen molar-refractivity contribution >= 4 is 33.4 Å². The van der Waals surface area contributed by atoms with Gasteiger partial charge in [-0.05, 0) is 57.6 Å². The maximum Gasteiger partial charge on any atom is 0.120 e. The van der Waals surface area contributed by atoms with Gasteiger partial charge in [0.05, 0.1) is 6.61 Å². The van der Waals surface area contributed by atoms with Crippen LogP contribution in [-0.4, -0.2) is 18.3 Å². The zero-order chi connectivity index (χ0) is 10.7. The summed E-state index contributed by atoms with van der Waals surface area (Å²) < 4.78 is 6.57. The van der Waals surface area contributed by atoms with Crippen LogP contribution in [0.25, 0.3) is 10.8 Å². The Hall–Kier alpha value is -0.810. The SMILES string of the molecule is OCCOc1ccc2cc(I)ccc2c1. The van der Waals surface area contributed by atoms with Gasteiger partial charge in [-0.25, -0.2) is 0 Å². The molecule has 2 aromatic carbocycles. The molecule has 0 aliphatic rings. The molecule has 0 atom stereocenters. The third-order valence-electron chi connectivity index (χ3n) is 2.13. The molecular formula is C12H11IO2. The molecule has 0 aliphatic carbocycles. The molecule has 1 N–H and O–H groups in total. The summed E-state index contributed by atoms with van der Waals surface area (Å²) in [7, 11) is 0. The summed E-state index contributed by atoms with van der Waals surface area (Å²) in [5.41, 5.74) is 0. The molecule has 0 aliphatic heterocycles. The second-order valence-electron chi connectivity index (χ2n) is 3.23. The minimum Gasteiger partial charge on any atom is -0.491 e. The highest BCUT2D eigenvalue weighted by Crippen LogP contribution is 2.22. The molecule has 78 valence electrons. The molecule has 15 heavy (non-hydrogen) atoms. The Labute approximate surface area is 102 Å². The molecule has 3 heteroatoms. The van der Waals surface area contributed by atoms with Crippen LogP contribution >= 0.6 is 22.6 Å². The molecule has 0 saturated carbocycles. The normalized spacial score (nSPS) is 10.5. The Morgan fingerprint density at radius 1 is 1.07 bits per heavy atom. The summed E-state index contributed by atoms with van der Waals surface area (Å²) in [5, 5.41) is 11.0. The van der Waals surface area contributed by atoms with Gasteiger partial charge in [-0.3, -0.25) is 0 Å². The largest absolute Gasteiger partial charge is 0.491 e. The van der Waals surface area contributed by atoms with Crippen LogP contribution in [0.15, 0.2) is 36.4 Å². The van der Waals surface area contributed by atoms with Gasteiger partial charge >= 0.3 is 0 Å². The number of halogens is 1. The Balaban J connectivity index is 2.34. The van der Waals surface area contributed by atoms with E-state index in [1.165, 1.54) is 8.96 Å². The molecular weight excluding hydrogens is 303 g/mol. The predicted molar refractivity (Wildman–Crippen MR) is 69.2 cm³/mol. The molecule has 0 fully saturated rings. The number of fused-ring (bicyclic) bond motifs is 1. The van der Waals surface area contributed by atoms with E-state index in [4.69, 9.17) is 9.84 Å². The van der Waals surface area contributed by atoms with Crippen LogP contribution in [-0.2, 0) is 0 Å². The standard InChI is InChI=1S/C12H11IO2/c13-11-3-1-10-8-12(15-6-5-14)4-2-9(10)7-11/h1-4,7-8,14H,5-6H2. The molecule has 0 aromatic heterocycles. The van der Waals surface area contributed by atoms with Crippen LogP contribution < -0.4 is 4.74 Å². The van der Waals surface area contributed by atoms with Crippen molar-refractivity contribution in [2.75, 3.05) is 13.2 Å². The van der Waals surface area contributed by atoms with Gasteiger partial charge in [0, 0.05) is 3.57 Å². The summed E-state index contributed by atoms with van der Waals surface area (Å²) in [6.45, 7) is 0.389. The molecule has 0 amide bonds. The molecule has 0 saturated heterocycles. The average Bonchev–Trinajstić information content (AvgIpc) is 2.26. The highest BCUT2D eigenvalue weighted by atomic mass is 127. The van der Waals surface area contributed by atoms with E-state index in [2.05, 4.69) is 40.8 Å².